The van der Waals surface area contributed by atoms with E-state index in [-0.39, 0.29) is 29.7 Å². The highest BCUT2D eigenvalue weighted by molar-refractivity contribution is 14.0. The third-order valence-corrected chi connectivity index (χ3v) is 3.83. The number of nitrogens with one attached hydrogen (secondary N) is 3. The SMILES string of the molecule is CN=C(NCCNc1ccccc1[N+](=O)[O-])NCc1ccsc1.I. The van der Waals surface area contributed by atoms with Gasteiger partial charge in [0.15, 0.2) is 5.96 Å². The van der Waals surface area contributed by atoms with Crippen molar-refractivity contribution in [1.82, 2.24) is 10.6 Å². The molecule has 24 heavy (non-hydrogen) atoms. The molecule has 0 aliphatic rings. The zero-order chi connectivity index (χ0) is 16.5. The summed E-state index contributed by atoms with van der Waals surface area (Å²) in [7, 11) is 1.71. The van der Waals surface area contributed by atoms with E-state index in [0.29, 0.717) is 31.3 Å². The number of thiophene rings is 1. The summed E-state index contributed by atoms with van der Waals surface area (Å²) in [5.74, 6) is 0.695. The van der Waals surface area contributed by atoms with Crippen LogP contribution in [0.1, 0.15) is 5.56 Å². The van der Waals surface area contributed by atoms with Crippen LogP contribution < -0.4 is 16.0 Å². The summed E-state index contributed by atoms with van der Waals surface area (Å²) in [5, 5.41) is 24.5. The topological polar surface area (TPSA) is 91.6 Å². The predicted octanol–water partition coefficient (Wildman–Crippen LogP) is 3.05. The van der Waals surface area contributed by atoms with Gasteiger partial charge in [-0.15, -0.1) is 24.0 Å². The average Bonchev–Trinajstić information content (AvgIpc) is 3.08. The maximum Gasteiger partial charge on any atom is 0.292 e. The zero-order valence-corrected chi connectivity index (χ0v) is 16.3. The largest absolute Gasteiger partial charge is 0.378 e. The first-order valence-corrected chi connectivity index (χ1v) is 8.08. The van der Waals surface area contributed by atoms with Gasteiger partial charge in [0.25, 0.3) is 5.69 Å². The number of hydrogen-bond acceptors (Lipinski definition) is 5. The number of aliphatic imine (C=N–C) groups is 1. The van der Waals surface area contributed by atoms with Crippen LogP contribution in [0.5, 0.6) is 0 Å². The minimum absolute atomic E-state index is 0. The molecule has 0 aliphatic carbocycles. The Morgan fingerprint density at radius 2 is 2.04 bits per heavy atom. The highest BCUT2D eigenvalue weighted by Crippen LogP contribution is 2.22. The molecule has 7 nitrogen and oxygen atoms in total. The lowest BCUT2D eigenvalue weighted by Gasteiger charge is -2.12. The van der Waals surface area contributed by atoms with Crippen molar-refractivity contribution >= 4 is 52.6 Å². The van der Waals surface area contributed by atoms with Crippen LogP contribution >= 0.6 is 35.3 Å². The van der Waals surface area contributed by atoms with E-state index in [4.69, 9.17) is 0 Å². The lowest BCUT2D eigenvalue weighted by Crippen LogP contribution is -2.39. The summed E-state index contributed by atoms with van der Waals surface area (Å²) in [6.07, 6.45) is 0. The number of benzene rings is 1. The van der Waals surface area contributed by atoms with E-state index < -0.39 is 4.92 Å². The summed E-state index contributed by atoms with van der Waals surface area (Å²) < 4.78 is 0. The van der Waals surface area contributed by atoms with Gasteiger partial charge in [-0.05, 0) is 28.5 Å². The third-order valence-electron chi connectivity index (χ3n) is 3.10. The van der Waals surface area contributed by atoms with Gasteiger partial charge in [-0.1, -0.05) is 12.1 Å². The van der Waals surface area contributed by atoms with Crippen LogP contribution in [0, 0.1) is 10.1 Å². The van der Waals surface area contributed by atoms with Crippen molar-refractivity contribution in [3.8, 4) is 0 Å². The van der Waals surface area contributed by atoms with Gasteiger partial charge >= 0.3 is 0 Å². The minimum Gasteiger partial charge on any atom is -0.378 e. The first kappa shape index (κ1) is 20.2. The van der Waals surface area contributed by atoms with Crippen molar-refractivity contribution in [3.05, 3.63) is 56.8 Å². The van der Waals surface area contributed by atoms with Gasteiger partial charge in [-0.25, -0.2) is 0 Å². The molecule has 3 N–H and O–H groups in total. The van der Waals surface area contributed by atoms with Gasteiger partial charge in [0, 0.05) is 32.7 Å². The summed E-state index contributed by atoms with van der Waals surface area (Å²) >= 11 is 1.66. The third kappa shape index (κ3) is 6.32. The second-order valence-electron chi connectivity index (χ2n) is 4.69. The summed E-state index contributed by atoms with van der Waals surface area (Å²) in [6.45, 7) is 1.85. The van der Waals surface area contributed by atoms with Crippen LogP contribution in [-0.2, 0) is 6.54 Å². The second kappa shape index (κ2) is 10.8. The molecule has 9 heteroatoms. The number of halogens is 1. The monoisotopic (exact) mass is 461 g/mol. The molecule has 1 heterocycles. The molecule has 0 radical (unpaired) electrons. The molecule has 0 fully saturated rings. The van der Waals surface area contributed by atoms with E-state index in [1.54, 1.807) is 36.6 Å². The van der Waals surface area contributed by atoms with Gasteiger partial charge in [-0.3, -0.25) is 15.1 Å². The Morgan fingerprint density at radius 1 is 1.25 bits per heavy atom. The molecule has 0 amide bonds. The zero-order valence-electron chi connectivity index (χ0n) is 13.2. The maximum atomic E-state index is 10.9. The Hall–Kier alpha value is -1.88. The van der Waals surface area contributed by atoms with E-state index in [1.807, 2.05) is 5.38 Å². The molecule has 1 aromatic carbocycles. The fraction of sp³-hybridized carbons (Fsp3) is 0.267. The summed E-state index contributed by atoms with van der Waals surface area (Å²) in [5.41, 5.74) is 1.80. The molecule has 0 bridgehead atoms. The Bertz CT molecular complexity index is 664. The number of anilines is 1. The molecule has 0 unspecified atom stereocenters. The number of guanidine groups is 1. The Balaban J connectivity index is 0.00000288. The number of rotatable bonds is 7. The molecule has 2 rings (SSSR count). The highest BCUT2D eigenvalue weighted by Gasteiger charge is 2.11. The molecule has 0 aliphatic heterocycles. The predicted molar refractivity (Wildman–Crippen MR) is 110 cm³/mol. The number of para-hydroxylation sites is 2. The van der Waals surface area contributed by atoms with Crippen molar-refractivity contribution in [2.45, 2.75) is 6.54 Å². The lowest BCUT2D eigenvalue weighted by atomic mass is 10.2. The fourth-order valence-corrected chi connectivity index (χ4v) is 2.63. The first-order chi connectivity index (χ1) is 11.2. The molecule has 0 atom stereocenters. The first-order valence-electron chi connectivity index (χ1n) is 7.13. The average molecular weight is 461 g/mol. The number of hydrogen-bond donors (Lipinski definition) is 3. The van der Waals surface area contributed by atoms with Gasteiger partial charge in [0.05, 0.1) is 4.92 Å². The molecule has 2 aromatic rings. The minimum atomic E-state index is -0.392. The Labute approximate surface area is 161 Å². The van der Waals surface area contributed by atoms with Crippen LogP contribution in [0.25, 0.3) is 0 Å². The molecular weight excluding hydrogens is 441 g/mol. The van der Waals surface area contributed by atoms with Crippen molar-refractivity contribution in [2.75, 3.05) is 25.5 Å². The molecule has 130 valence electrons. The molecule has 0 saturated carbocycles. The van der Waals surface area contributed by atoms with E-state index in [1.165, 1.54) is 11.6 Å². The normalized spacial score (nSPS) is 10.6. The van der Waals surface area contributed by atoms with Gasteiger partial charge in [0.2, 0.25) is 0 Å². The summed E-state index contributed by atoms with van der Waals surface area (Å²) in [4.78, 5) is 14.7. The van der Waals surface area contributed by atoms with E-state index in [9.17, 15) is 10.1 Å². The molecule has 0 saturated heterocycles. The van der Waals surface area contributed by atoms with Crippen molar-refractivity contribution in [3.63, 3.8) is 0 Å². The lowest BCUT2D eigenvalue weighted by molar-refractivity contribution is -0.384. The van der Waals surface area contributed by atoms with E-state index in [2.05, 4.69) is 32.4 Å². The Kier molecular flexibility index (Phi) is 9.08. The number of nitro benzene ring substituents is 1. The molecular formula is C15H20IN5O2S. The van der Waals surface area contributed by atoms with Crippen LogP contribution in [-0.4, -0.2) is 31.0 Å². The second-order valence-corrected chi connectivity index (χ2v) is 5.47. The highest BCUT2D eigenvalue weighted by atomic mass is 127. The number of nitrogens with zero attached hydrogens (tertiary/aromatic N) is 2. The van der Waals surface area contributed by atoms with Crippen LogP contribution in [0.2, 0.25) is 0 Å². The maximum absolute atomic E-state index is 10.9. The molecule has 1 aromatic heterocycles. The quantitative estimate of drug-likeness (QED) is 0.147. The van der Waals surface area contributed by atoms with Crippen molar-refractivity contribution < 1.29 is 4.92 Å². The smallest absolute Gasteiger partial charge is 0.292 e. The van der Waals surface area contributed by atoms with E-state index >= 15 is 0 Å². The standard InChI is InChI=1S/C15H19N5O2S.HI/c1-16-15(19-10-12-6-9-23-11-12)18-8-7-17-13-4-2-3-5-14(13)20(21)22;/h2-6,9,11,17H,7-8,10H2,1H3,(H2,16,18,19);1H. The van der Waals surface area contributed by atoms with Gasteiger partial charge in [-0.2, -0.15) is 11.3 Å². The van der Waals surface area contributed by atoms with Gasteiger partial charge in [0.1, 0.15) is 5.69 Å². The van der Waals surface area contributed by atoms with Crippen molar-refractivity contribution in [1.29, 1.82) is 0 Å². The van der Waals surface area contributed by atoms with Crippen LogP contribution in [0.4, 0.5) is 11.4 Å². The van der Waals surface area contributed by atoms with E-state index in [0.717, 1.165) is 0 Å². The fourth-order valence-electron chi connectivity index (χ4n) is 1.96. The van der Waals surface area contributed by atoms with Crippen LogP contribution in [0.15, 0.2) is 46.1 Å². The number of nitro groups is 1. The van der Waals surface area contributed by atoms with Gasteiger partial charge < -0.3 is 16.0 Å². The molecule has 0 spiro atoms. The Morgan fingerprint density at radius 3 is 2.71 bits per heavy atom. The van der Waals surface area contributed by atoms with Crippen LogP contribution in [0.3, 0.4) is 0 Å². The van der Waals surface area contributed by atoms with Crippen molar-refractivity contribution in [2.24, 2.45) is 4.99 Å². The summed E-state index contributed by atoms with van der Waals surface area (Å²) in [6, 6.07) is 8.65.